The number of rotatable bonds is 6. The van der Waals surface area contributed by atoms with Crippen LogP contribution in [0.2, 0.25) is 0 Å². The van der Waals surface area contributed by atoms with Crippen molar-refractivity contribution in [1.82, 2.24) is 15.3 Å². The number of nitrogens with one attached hydrogen (secondary N) is 2. The van der Waals surface area contributed by atoms with Crippen molar-refractivity contribution in [2.75, 3.05) is 18.4 Å². The number of amides is 1. The Kier molecular flexibility index (Phi) is 9.47. The van der Waals surface area contributed by atoms with Crippen LogP contribution in [-0.2, 0) is 20.7 Å². The quantitative estimate of drug-likeness (QED) is 0.478. The number of ether oxygens (including phenoxy) is 1. The fourth-order valence-corrected chi connectivity index (χ4v) is 3.59. The zero-order valence-electron chi connectivity index (χ0n) is 21.4. The summed E-state index contributed by atoms with van der Waals surface area (Å²) in [4.78, 5) is 30.7. The lowest BCUT2D eigenvalue weighted by Gasteiger charge is -2.14. The van der Waals surface area contributed by atoms with Gasteiger partial charge in [0.05, 0.1) is 24.0 Å². The summed E-state index contributed by atoms with van der Waals surface area (Å²) in [6, 6.07) is 16.0. The monoisotopic (exact) mass is 486 g/mol. The molecule has 0 fully saturated rings. The van der Waals surface area contributed by atoms with Gasteiger partial charge in [0, 0.05) is 18.4 Å². The number of carbonyl (C=O) groups is 2. The van der Waals surface area contributed by atoms with Crippen LogP contribution in [0.4, 0.5) is 5.69 Å². The molecule has 7 heteroatoms. The molecule has 1 amide bonds. The van der Waals surface area contributed by atoms with Gasteiger partial charge in [-0.1, -0.05) is 30.3 Å². The minimum Gasteiger partial charge on any atom is -0.462 e. The summed E-state index contributed by atoms with van der Waals surface area (Å²) in [7, 11) is 0. The molecule has 4 rings (SSSR count). The van der Waals surface area contributed by atoms with E-state index < -0.39 is 0 Å². The first-order valence-electron chi connectivity index (χ1n) is 12.0. The van der Waals surface area contributed by atoms with E-state index in [1.165, 1.54) is 5.57 Å². The van der Waals surface area contributed by atoms with Crippen LogP contribution in [0.25, 0.3) is 16.7 Å². The van der Waals surface area contributed by atoms with Gasteiger partial charge in [-0.25, -0.2) is 0 Å². The first kappa shape index (κ1) is 26.8. The van der Waals surface area contributed by atoms with E-state index in [4.69, 9.17) is 0 Å². The zero-order chi connectivity index (χ0) is 26.0. The molecule has 0 aliphatic carbocycles. The smallest absolute Gasteiger partial charge is 0.293 e. The van der Waals surface area contributed by atoms with E-state index in [0.717, 1.165) is 53.3 Å². The largest absolute Gasteiger partial charge is 0.462 e. The topological polar surface area (TPSA) is 93.2 Å². The maximum atomic E-state index is 12.4. The number of nitrogens with zero attached hydrogens (tertiary/aromatic N) is 2. The van der Waals surface area contributed by atoms with E-state index in [-0.39, 0.29) is 11.5 Å². The van der Waals surface area contributed by atoms with Crippen molar-refractivity contribution in [2.24, 2.45) is 0 Å². The number of hydrogen-bond acceptors (Lipinski definition) is 6. The van der Waals surface area contributed by atoms with Crippen LogP contribution in [0.3, 0.4) is 0 Å². The average Bonchev–Trinajstić information content (AvgIpc) is 2.85. The Hall–Kier alpha value is -3.84. The number of benzene rings is 1. The zero-order valence-corrected chi connectivity index (χ0v) is 21.4. The Labute approximate surface area is 213 Å². The standard InChI is InChI=1S/C24H24N4O.C5H10O2/c1-17-14-21(10-13-26-17)19-4-2-18(3-5-19)15-24(29)28-22-6-7-23(27-16-22)20-8-11-25-12-9-20;1-5(2,3)7-4-6/h2-8,10,13-14,16,25H,9,11-12,15H2,1H3,(H,28,29);4H,1-3H3. The number of aryl methyl sites for hydroxylation is 1. The molecule has 2 aromatic heterocycles. The van der Waals surface area contributed by atoms with Gasteiger partial charge in [-0.2, -0.15) is 0 Å². The van der Waals surface area contributed by atoms with Gasteiger partial charge in [0.15, 0.2) is 0 Å². The molecule has 2 N–H and O–H groups in total. The third kappa shape index (κ3) is 8.74. The fraction of sp³-hybridized carbons (Fsp3) is 0.310. The second kappa shape index (κ2) is 12.7. The molecule has 188 valence electrons. The molecule has 0 saturated heterocycles. The molecule has 7 nitrogen and oxygen atoms in total. The highest BCUT2D eigenvalue weighted by atomic mass is 16.5. The van der Waals surface area contributed by atoms with E-state index in [9.17, 15) is 9.59 Å². The van der Waals surface area contributed by atoms with E-state index in [0.29, 0.717) is 12.9 Å². The Morgan fingerprint density at radius 2 is 1.86 bits per heavy atom. The first-order chi connectivity index (χ1) is 17.2. The Balaban J connectivity index is 0.000000454. The van der Waals surface area contributed by atoms with Crippen molar-refractivity contribution in [3.8, 4) is 11.1 Å². The number of hydrogen-bond donors (Lipinski definition) is 2. The molecule has 0 radical (unpaired) electrons. The fourth-order valence-electron chi connectivity index (χ4n) is 3.59. The van der Waals surface area contributed by atoms with Crippen molar-refractivity contribution in [3.05, 3.63) is 84.0 Å². The van der Waals surface area contributed by atoms with Crippen molar-refractivity contribution < 1.29 is 14.3 Å². The Morgan fingerprint density at radius 3 is 2.42 bits per heavy atom. The summed E-state index contributed by atoms with van der Waals surface area (Å²) in [6.07, 6.45) is 7.01. The predicted octanol–water partition coefficient (Wildman–Crippen LogP) is 4.97. The molecule has 0 bridgehead atoms. The van der Waals surface area contributed by atoms with Gasteiger partial charge >= 0.3 is 0 Å². The number of carbonyl (C=O) groups excluding carboxylic acids is 2. The van der Waals surface area contributed by atoms with Crippen LogP contribution in [0.1, 0.15) is 44.1 Å². The molecule has 0 spiro atoms. The highest BCUT2D eigenvalue weighted by Crippen LogP contribution is 2.21. The Morgan fingerprint density at radius 1 is 1.08 bits per heavy atom. The van der Waals surface area contributed by atoms with Crippen LogP contribution in [0.15, 0.2) is 67.0 Å². The molecule has 1 aliphatic heterocycles. The Bertz CT molecular complexity index is 1180. The van der Waals surface area contributed by atoms with Gasteiger partial charge in [-0.05, 0) is 87.2 Å². The number of pyridine rings is 2. The van der Waals surface area contributed by atoms with E-state index >= 15 is 0 Å². The molecule has 0 unspecified atom stereocenters. The van der Waals surface area contributed by atoms with Gasteiger partial charge in [-0.3, -0.25) is 19.6 Å². The third-order valence-corrected chi connectivity index (χ3v) is 5.39. The maximum Gasteiger partial charge on any atom is 0.293 e. The van der Waals surface area contributed by atoms with E-state index in [1.54, 1.807) is 6.20 Å². The first-order valence-corrected chi connectivity index (χ1v) is 12.0. The summed E-state index contributed by atoms with van der Waals surface area (Å²) in [5.41, 5.74) is 6.84. The van der Waals surface area contributed by atoms with Crippen LogP contribution in [0, 0.1) is 6.92 Å². The minimum atomic E-state index is -0.318. The van der Waals surface area contributed by atoms with Crippen molar-refractivity contribution >= 4 is 23.6 Å². The lowest BCUT2D eigenvalue weighted by molar-refractivity contribution is -0.138. The highest BCUT2D eigenvalue weighted by Gasteiger charge is 2.09. The second-order valence-corrected chi connectivity index (χ2v) is 9.55. The summed E-state index contributed by atoms with van der Waals surface area (Å²) in [5.74, 6) is -0.0480. The molecule has 36 heavy (non-hydrogen) atoms. The summed E-state index contributed by atoms with van der Waals surface area (Å²) < 4.78 is 4.55. The van der Waals surface area contributed by atoms with Crippen molar-refractivity contribution in [3.63, 3.8) is 0 Å². The van der Waals surface area contributed by atoms with Gasteiger partial charge in [-0.15, -0.1) is 0 Å². The number of aromatic nitrogens is 2. The van der Waals surface area contributed by atoms with E-state index in [1.807, 2.05) is 76.4 Å². The third-order valence-electron chi connectivity index (χ3n) is 5.39. The molecule has 3 heterocycles. The van der Waals surface area contributed by atoms with Gasteiger partial charge < -0.3 is 15.4 Å². The van der Waals surface area contributed by atoms with Gasteiger partial charge in [0.2, 0.25) is 5.91 Å². The average molecular weight is 487 g/mol. The summed E-state index contributed by atoms with van der Waals surface area (Å²) in [5, 5.41) is 6.23. The lowest BCUT2D eigenvalue weighted by Crippen LogP contribution is -2.20. The molecular weight excluding hydrogens is 452 g/mol. The molecule has 0 saturated carbocycles. The van der Waals surface area contributed by atoms with Crippen LogP contribution in [0.5, 0.6) is 0 Å². The van der Waals surface area contributed by atoms with E-state index in [2.05, 4.69) is 37.5 Å². The number of anilines is 1. The molecule has 1 aliphatic rings. The molecular formula is C29H34N4O3. The summed E-state index contributed by atoms with van der Waals surface area (Å²) >= 11 is 0. The SMILES string of the molecule is CC(C)(C)OC=O.Cc1cc(-c2ccc(CC(=O)Nc3ccc(C4=CCNCC4)nc3)cc2)ccn1. The van der Waals surface area contributed by atoms with Crippen LogP contribution >= 0.6 is 0 Å². The maximum absolute atomic E-state index is 12.4. The molecule has 1 aromatic carbocycles. The predicted molar refractivity (Wildman–Crippen MR) is 143 cm³/mol. The van der Waals surface area contributed by atoms with Crippen molar-refractivity contribution in [1.29, 1.82) is 0 Å². The molecule has 0 atom stereocenters. The van der Waals surface area contributed by atoms with Gasteiger partial charge in [0.1, 0.15) is 5.60 Å². The van der Waals surface area contributed by atoms with Crippen molar-refractivity contribution in [2.45, 2.75) is 46.1 Å². The lowest BCUT2D eigenvalue weighted by atomic mass is 10.0. The second-order valence-electron chi connectivity index (χ2n) is 9.55. The molecule has 3 aromatic rings. The highest BCUT2D eigenvalue weighted by molar-refractivity contribution is 5.92. The minimum absolute atomic E-state index is 0.0480. The normalized spacial score (nSPS) is 13.1. The summed E-state index contributed by atoms with van der Waals surface area (Å²) in [6.45, 7) is 9.76. The van der Waals surface area contributed by atoms with Crippen LogP contribution < -0.4 is 10.6 Å². The van der Waals surface area contributed by atoms with Crippen LogP contribution in [-0.4, -0.2) is 41.0 Å². The van der Waals surface area contributed by atoms with Gasteiger partial charge in [0.25, 0.3) is 6.47 Å².